The van der Waals surface area contributed by atoms with Crippen molar-refractivity contribution in [3.63, 3.8) is 0 Å². The number of nitrogens with one attached hydrogen (secondary N) is 1. The molecule has 0 aromatic heterocycles. The molecule has 2 heteroatoms. The molecule has 0 bridgehead atoms. The van der Waals surface area contributed by atoms with Crippen LogP contribution < -0.4 is 5.32 Å². The maximum Gasteiger partial charge on any atom is 0.251 e. The molecule has 1 aromatic carbocycles. The quantitative estimate of drug-likeness (QED) is 0.803. The van der Waals surface area contributed by atoms with Gasteiger partial charge < -0.3 is 5.32 Å². The molecule has 0 aliphatic heterocycles. The summed E-state index contributed by atoms with van der Waals surface area (Å²) in [5, 5.41) is 2.99. The second-order valence-corrected chi connectivity index (χ2v) is 7.75. The number of hydrogen-bond acceptors (Lipinski definition) is 1. The standard InChI is InChI=1S/C18H29NO/c1-17(2,3)12-7-13-19-16(20)14-8-10-15(11-9-14)18(4,5)6/h8-11H,7,12-13H2,1-6H3,(H,19,20). The van der Waals surface area contributed by atoms with Crippen LogP contribution in [0.5, 0.6) is 0 Å². The summed E-state index contributed by atoms with van der Waals surface area (Å²) in [5.74, 6) is 0.0272. The summed E-state index contributed by atoms with van der Waals surface area (Å²) in [5.41, 5.74) is 2.45. The highest BCUT2D eigenvalue weighted by atomic mass is 16.1. The van der Waals surface area contributed by atoms with Gasteiger partial charge in [-0.25, -0.2) is 0 Å². The molecule has 1 rings (SSSR count). The molecule has 112 valence electrons. The monoisotopic (exact) mass is 275 g/mol. The van der Waals surface area contributed by atoms with Crippen LogP contribution in [-0.2, 0) is 5.41 Å². The van der Waals surface area contributed by atoms with Gasteiger partial charge in [-0.1, -0.05) is 53.7 Å². The van der Waals surface area contributed by atoms with Gasteiger partial charge in [-0.15, -0.1) is 0 Å². The van der Waals surface area contributed by atoms with Gasteiger partial charge in [-0.2, -0.15) is 0 Å². The number of carbonyl (C=O) groups excluding carboxylic acids is 1. The van der Waals surface area contributed by atoms with Gasteiger partial charge >= 0.3 is 0 Å². The van der Waals surface area contributed by atoms with Crippen LogP contribution in [0.15, 0.2) is 24.3 Å². The Kier molecular flexibility index (Phi) is 5.38. The average Bonchev–Trinajstić information content (AvgIpc) is 2.32. The SMILES string of the molecule is CC(C)(C)CCCNC(=O)c1ccc(C(C)(C)C)cc1. The fraction of sp³-hybridized carbons (Fsp3) is 0.611. The molecule has 0 spiro atoms. The van der Waals surface area contributed by atoms with Gasteiger partial charge in [0.2, 0.25) is 0 Å². The molecular formula is C18H29NO. The zero-order valence-electron chi connectivity index (χ0n) is 13.8. The molecule has 0 heterocycles. The van der Waals surface area contributed by atoms with Crippen LogP contribution in [0.2, 0.25) is 0 Å². The van der Waals surface area contributed by atoms with Crippen molar-refractivity contribution in [3.8, 4) is 0 Å². The Labute approximate surface area is 124 Å². The molecule has 1 amide bonds. The molecule has 0 saturated heterocycles. The normalized spacial score (nSPS) is 12.3. The Bertz CT molecular complexity index is 432. The Morgan fingerprint density at radius 2 is 1.55 bits per heavy atom. The minimum atomic E-state index is 0.0272. The molecule has 0 radical (unpaired) electrons. The van der Waals surface area contributed by atoms with Crippen molar-refractivity contribution in [2.75, 3.05) is 6.54 Å². The maximum absolute atomic E-state index is 12.0. The number of amides is 1. The lowest BCUT2D eigenvalue weighted by atomic mass is 9.86. The summed E-state index contributed by atoms with van der Waals surface area (Å²) < 4.78 is 0. The zero-order valence-corrected chi connectivity index (χ0v) is 13.8. The van der Waals surface area contributed by atoms with Gasteiger partial charge in [0, 0.05) is 12.1 Å². The summed E-state index contributed by atoms with van der Waals surface area (Å²) in [6, 6.07) is 7.92. The van der Waals surface area contributed by atoms with Gasteiger partial charge in [0.1, 0.15) is 0 Å². The van der Waals surface area contributed by atoms with E-state index in [-0.39, 0.29) is 11.3 Å². The van der Waals surface area contributed by atoms with Gasteiger partial charge in [0.25, 0.3) is 5.91 Å². The third-order valence-corrected chi connectivity index (χ3v) is 3.40. The largest absolute Gasteiger partial charge is 0.352 e. The van der Waals surface area contributed by atoms with Crippen LogP contribution in [-0.4, -0.2) is 12.5 Å². The maximum atomic E-state index is 12.0. The molecule has 0 unspecified atom stereocenters. The smallest absolute Gasteiger partial charge is 0.251 e. The van der Waals surface area contributed by atoms with Gasteiger partial charge in [-0.05, 0) is 41.4 Å². The van der Waals surface area contributed by atoms with Crippen LogP contribution in [0.4, 0.5) is 0 Å². The van der Waals surface area contributed by atoms with Gasteiger partial charge in [-0.3, -0.25) is 4.79 Å². The highest BCUT2D eigenvalue weighted by molar-refractivity contribution is 5.94. The molecular weight excluding hydrogens is 246 g/mol. The highest BCUT2D eigenvalue weighted by Crippen LogP contribution is 2.22. The summed E-state index contributed by atoms with van der Waals surface area (Å²) >= 11 is 0. The van der Waals surface area contributed by atoms with Crippen molar-refractivity contribution in [1.29, 1.82) is 0 Å². The van der Waals surface area contributed by atoms with E-state index >= 15 is 0 Å². The van der Waals surface area contributed by atoms with Crippen molar-refractivity contribution in [3.05, 3.63) is 35.4 Å². The molecule has 1 N–H and O–H groups in total. The van der Waals surface area contributed by atoms with Crippen molar-refractivity contribution >= 4 is 5.91 Å². The molecule has 0 atom stereocenters. The summed E-state index contributed by atoms with van der Waals surface area (Å²) in [7, 11) is 0. The van der Waals surface area contributed by atoms with Crippen molar-refractivity contribution in [2.24, 2.45) is 5.41 Å². The van der Waals surface area contributed by atoms with Crippen molar-refractivity contribution < 1.29 is 4.79 Å². The van der Waals surface area contributed by atoms with Crippen molar-refractivity contribution in [2.45, 2.75) is 59.8 Å². The lowest BCUT2D eigenvalue weighted by molar-refractivity contribution is 0.0951. The predicted octanol–water partition coefficient (Wildman–Crippen LogP) is 4.54. The first-order chi connectivity index (χ1) is 9.09. The van der Waals surface area contributed by atoms with Crippen LogP contribution in [0.1, 0.15) is 70.3 Å². The van der Waals surface area contributed by atoms with Crippen LogP contribution >= 0.6 is 0 Å². The third-order valence-electron chi connectivity index (χ3n) is 3.40. The fourth-order valence-electron chi connectivity index (χ4n) is 2.04. The van der Waals surface area contributed by atoms with E-state index in [0.29, 0.717) is 5.41 Å². The van der Waals surface area contributed by atoms with E-state index in [4.69, 9.17) is 0 Å². The minimum Gasteiger partial charge on any atom is -0.352 e. The summed E-state index contributed by atoms with van der Waals surface area (Å²) in [6.07, 6.45) is 2.14. The zero-order chi connectivity index (χ0) is 15.4. The summed E-state index contributed by atoms with van der Waals surface area (Å²) in [4.78, 5) is 12.0. The second kappa shape index (κ2) is 6.43. The van der Waals surface area contributed by atoms with E-state index in [1.165, 1.54) is 5.56 Å². The van der Waals surface area contributed by atoms with Crippen LogP contribution in [0, 0.1) is 5.41 Å². The first kappa shape index (κ1) is 16.7. The van der Waals surface area contributed by atoms with E-state index in [9.17, 15) is 4.79 Å². The molecule has 0 aliphatic rings. The Morgan fingerprint density at radius 1 is 1.00 bits per heavy atom. The lowest BCUT2D eigenvalue weighted by Crippen LogP contribution is -2.25. The van der Waals surface area contributed by atoms with E-state index in [2.05, 4.69) is 46.9 Å². The average molecular weight is 275 g/mol. The lowest BCUT2D eigenvalue weighted by Gasteiger charge is -2.19. The van der Waals surface area contributed by atoms with Crippen LogP contribution in [0.3, 0.4) is 0 Å². The van der Waals surface area contributed by atoms with Gasteiger partial charge in [0.15, 0.2) is 0 Å². The molecule has 1 aromatic rings. The molecule has 2 nitrogen and oxygen atoms in total. The third kappa shape index (κ3) is 5.77. The molecule has 0 fully saturated rings. The Balaban J connectivity index is 2.48. The topological polar surface area (TPSA) is 29.1 Å². The minimum absolute atomic E-state index is 0.0272. The molecule has 0 saturated carbocycles. The fourth-order valence-corrected chi connectivity index (χ4v) is 2.04. The molecule has 20 heavy (non-hydrogen) atoms. The Hall–Kier alpha value is -1.31. The van der Waals surface area contributed by atoms with E-state index in [0.717, 1.165) is 24.9 Å². The first-order valence-electron chi connectivity index (χ1n) is 7.48. The van der Waals surface area contributed by atoms with Crippen LogP contribution in [0.25, 0.3) is 0 Å². The number of rotatable bonds is 4. The van der Waals surface area contributed by atoms with E-state index in [1.807, 2.05) is 24.3 Å². The number of hydrogen-bond donors (Lipinski definition) is 1. The van der Waals surface area contributed by atoms with Crippen molar-refractivity contribution in [1.82, 2.24) is 5.32 Å². The van der Waals surface area contributed by atoms with E-state index < -0.39 is 0 Å². The predicted molar refractivity (Wildman–Crippen MR) is 86.2 cm³/mol. The van der Waals surface area contributed by atoms with E-state index in [1.54, 1.807) is 0 Å². The summed E-state index contributed by atoms with van der Waals surface area (Å²) in [6.45, 7) is 13.9. The highest BCUT2D eigenvalue weighted by Gasteiger charge is 2.14. The van der Waals surface area contributed by atoms with Gasteiger partial charge in [0.05, 0.1) is 0 Å². The number of carbonyl (C=O) groups is 1. The number of benzene rings is 1. The first-order valence-corrected chi connectivity index (χ1v) is 7.48. The molecule has 0 aliphatic carbocycles. The second-order valence-electron chi connectivity index (χ2n) is 7.75. The Morgan fingerprint density at radius 3 is 2.00 bits per heavy atom.